The average molecular weight is 179 g/mol. The van der Waals surface area contributed by atoms with Crippen LogP contribution in [0.15, 0.2) is 24.3 Å². The molecule has 0 aliphatic heterocycles. The predicted molar refractivity (Wildman–Crippen MR) is 46.6 cm³/mol. The Labute approximate surface area is 75.0 Å². The molecule has 2 bridgehead atoms. The highest BCUT2D eigenvalue weighted by Crippen LogP contribution is 2.19. The molecule has 2 aliphatic rings. The van der Waals surface area contributed by atoms with Gasteiger partial charge in [-0.25, -0.2) is 0 Å². The van der Waals surface area contributed by atoms with E-state index in [0.29, 0.717) is 0 Å². The van der Waals surface area contributed by atoms with E-state index in [1.165, 1.54) is 0 Å². The fraction of sp³-hybridized carbons (Fsp3) is 0.111. The van der Waals surface area contributed by atoms with Gasteiger partial charge in [0.15, 0.2) is 5.78 Å². The SMILES string of the molecule is NCC(=O)O.O=C1c2cccc1c2. The molecule has 0 heterocycles. The van der Waals surface area contributed by atoms with Crippen molar-refractivity contribution >= 4 is 11.8 Å². The Morgan fingerprint density at radius 1 is 1.38 bits per heavy atom. The number of aliphatic carboxylic acids is 1. The quantitative estimate of drug-likeness (QED) is 0.658. The molecule has 0 atom stereocenters. The fourth-order valence-corrected chi connectivity index (χ4v) is 0.891. The van der Waals surface area contributed by atoms with Crippen molar-refractivity contribution in [1.29, 1.82) is 0 Å². The van der Waals surface area contributed by atoms with Gasteiger partial charge in [-0.1, -0.05) is 18.2 Å². The van der Waals surface area contributed by atoms with Gasteiger partial charge in [0.25, 0.3) is 0 Å². The Kier molecular flexibility index (Phi) is 2.76. The molecule has 0 aromatic heterocycles. The largest absolute Gasteiger partial charge is 0.480 e. The second kappa shape index (κ2) is 3.82. The molecule has 68 valence electrons. The van der Waals surface area contributed by atoms with E-state index < -0.39 is 5.97 Å². The smallest absolute Gasteiger partial charge is 0.317 e. The van der Waals surface area contributed by atoms with E-state index in [9.17, 15) is 9.59 Å². The third-order valence-corrected chi connectivity index (χ3v) is 1.56. The first kappa shape index (κ1) is 9.41. The molecule has 0 saturated heterocycles. The van der Waals surface area contributed by atoms with Gasteiger partial charge in [0.05, 0.1) is 6.54 Å². The van der Waals surface area contributed by atoms with Crippen molar-refractivity contribution in [3.8, 4) is 0 Å². The van der Waals surface area contributed by atoms with Crippen LogP contribution in [-0.2, 0) is 4.79 Å². The summed E-state index contributed by atoms with van der Waals surface area (Å²) < 4.78 is 0. The number of carboxylic acids is 1. The Bertz CT molecular complexity index is 318. The molecule has 0 fully saturated rings. The number of ketones is 1. The van der Waals surface area contributed by atoms with Crippen LogP contribution in [0.4, 0.5) is 0 Å². The van der Waals surface area contributed by atoms with Gasteiger partial charge in [-0.05, 0) is 6.07 Å². The Morgan fingerprint density at radius 2 is 1.85 bits per heavy atom. The highest BCUT2D eigenvalue weighted by Gasteiger charge is 2.17. The lowest BCUT2D eigenvalue weighted by molar-refractivity contribution is -0.135. The molecule has 4 nitrogen and oxygen atoms in total. The second-order valence-corrected chi connectivity index (χ2v) is 2.51. The van der Waals surface area contributed by atoms with Crippen molar-refractivity contribution in [2.24, 2.45) is 5.73 Å². The summed E-state index contributed by atoms with van der Waals surface area (Å²) in [6.45, 7) is -0.278. The normalized spacial score (nSPS) is 11.0. The lowest BCUT2D eigenvalue weighted by Gasteiger charge is -2.10. The maximum atomic E-state index is 10.7. The van der Waals surface area contributed by atoms with E-state index in [1.807, 2.05) is 24.3 Å². The minimum atomic E-state index is -0.968. The van der Waals surface area contributed by atoms with Crippen molar-refractivity contribution < 1.29 is 14.7 Å². The van der Waals surface area contributed by atoms with Crippen LogP contribution >= 0.6 is 0 Å². The van der Waals surface area contributed by atoms with E-state index in [1.54, 1.807) is 0 Å². The fourth-order valence-electron chi connectivity index (χ4n) is 0.891. The lowest BCUT2D eigenvalue weighted by Crippen LogP contribution is -2.10. The number of fused-ring (bicyclic) bond motifs is 2. The number of rotatable bonds is 1. The van der Waals surface area contributed by atoms with E-state index in [-0.39, 0.29) is 12.3 Å². The topological polar surface area (TPSA) is 80.4 Å². The molecular formula is C9H9NO3. The standard InChI is InChI=1S/C7H4O.C2H5NO2/c8-7-5-2-1-3-6(7)4-5;3-1-2(4)5/h1-4H;1,3H2,(H,4,5). The van der Waals surface area contributed by atoms with Crippen LogP contribution in [0.5, 0.6) is 0 Å². The van der Waals surface area contributed by atoms with Gasteiger partial charge in [0.1, 0.15) is 0 Å². The third kappa shape index (κ3) is 2.13. The number of carbonyl (C=O) groups is 2. The summed E-state index contributed by atoms with van der Waals surface area (Å²) in [6, 6.07) is 7.44. The third-order valence-electron chi connectivity index (χ3n) is 1.56. The highest BCUT2D eigenvalue weighted by molar-refractivity contribution is 6.16. The van der Waals surface area contributed by atoms with Crippen molar-refractivity contribution in [1.82, 2.24) is 0 Å². The van der Waals surface area contributed by atoms with Gasteiger partial charge >= 0.3 is 5.97 Å². The van der Waals surface area contributed by atoms with Gasteiger partial charge in [-0.2, -0.15) is 0 Å². The maximum Gasteiger partial charge on any atom is 0.317 e. The first-order chi connectivity index (χ1) is 6.15. The lowest BCUT2D eigenvalue weighted by atomic mass is 9.92. The Balaban J connectivity index is 0.000000149. The average Bonchev–Trinajstić information content (AvgIpc) is 2.19. The van der Waals surface area contributed by atoms with Gasteiger partial charge in [0.2, 0.25) is 0 Å². The molecule has 0 unspecified atom stereocenters. The molecule has 1 aromatic carbocycles. The van der Waals surface area contributed by atoms with E-state index >= 15 is 0 Å². The van der Waals surface area contributed by atoms with Crippen LogP contribution in [0.25, 0.3) is 0 Å². The summed E-state index contributed by atoms with van der Waals surface area (Å²) in [7, 11) is 0. The van der Waals surface area contributed by atoms with Gasteiger partial charge < -0.3 is 10.8 Å². The van der Waals surface area contributed by atoms with E-state index in [4.69, 9.17) is 5.11 Å². The molecule has 0 radical (unpaired) electrons. The maximum absolute atomic E-state index is 10.7. The van der Waals surface area contributed by atoms with Crippen LogP contribution in [0.3, 0.4) is 0 Å². The number of carboxylic acid groups (broad SMARTS) is 1. The molecule has 4 heteroatoms. The molecule has 3 N–H and O–H groups in total. The van der Waals surface area contributed by atoms with Crippen LogP contribution in [0.2, 0.25) is 0 Å². The zero-order valence-corrected chi connectivity index (χ0v) is 6.86. The summed E-state index contributed by atoms with van der Waals surface area (Å²) in [5, 5.41) is 7.60. The van der Waals surface area contributed by atoms with Crippen molar-refractivity contribution in [3.63, 3.8) is 0 Å². The minimum absolute atomic E-state index is 0.201. The predicted octanol–water partition coefficient (Wildman–Crippen LogP) is 0.261. The second-order valence-electron chi connectivity index (χ2n) is 2.51. The number of hydrogen-bond acceptors (Lipinski definition) is 3. The van der Waals surface area contributed by atoms with Gasteiger partial charge in [0, 0.05) is 11.1 Å². The first-order valence-corrected chi connectivity index (χ1v) is 3.72. The number of benzene rings is 1. The van der Waals surface area contributed by atoms with Crippen LogP contribution < -0.4 is 5.73 Å². The molecule has 13 heavy (non-hydrogen) atoms. The molecule has 0 saturated carbocycles. The molecular weight excluding hydrogens is 170 g/mol. The highest BCUT2D eigenvalue weighted by atomic mass is 16.4. The first-order valence-electron chi connectivity index (χ1n) is 3.72. The van der Waals surface area contributed by atoms with Crippen LogP contribution in [-0.4, -0.2) is 23.4 Å². The van der Waals surface area contributed by atoms with Crippen LogP contribution in [0, 0.1) is 0 Å². The molecule has 3 rings (SSSR count). The number of carbonyl (C=O) groups excluding carboxylic acids is 1. The van der Waals surface area contributed by atoms with Gasteiger partial charge in [-0.3, -0.25) is 9.59 Å². The van der Waals surface area contributed by atoms with Crippen LogP contribution in [0.1, 0.15) is 15.9 Å². The Hall–Kier alpha value is -1.68. The summed E-state index contributed by atoms with van der Waals surface area (Å²) in [4.78, 5) is 19.9. The summed E-state index contributed by atoms with van der Waals surface area (Å²) in [6.07, 6.45) is 0. The number of hydrogen-bond donors (Lipinski definition) is 2. The molecule has 0 spiro atoms. The molecule has 2 aliphatic carbocycles. The van der Waals surface area contributed by atoms with Gasteiger partial charge in [-0.15, -0.1) is 0 Å². The molecule has 0 amide bonds. The zero-order chi connectivity index (χ0) is 9.84. The summed E-state index contributed by atoms with van der Waals surface area (Å²) in [5.74, 6) is -0.766. The Morgan fingerprint density at radius 3 is 2.00 bits per heavy atom. The van der Waals surface area contributed by atoms with Crippen molar-refractivity contribution in [2.75, 3.05) is 6.54 Å². The number of nitrogens with two attached hydrogens (primary N) is 1. The van der Waals surface area contributed by atoms with E-state index in [2.05, 4.69) is 5.73 Å². The monoisotopic (exact) mass is 179 g/mol. The van der Waals surface area contributed by atoms with Crippen molar-refractivity contribution in [2.45, 2.75) is 0 Å². The van der Waals surface area contributed by atoms with Crippen molar-refractivity contribution in [3.05, 3.63) is 35.4 Å². The summed E-state index contributed by atoms with van der Waals surface area (Å²) in [5.41, 5.74) is 6.27. The van der Waals surface area contributed by atoms with E-state index in [0.717, 1.165) is 11.1 Å². The molecule has 1 aromatic rings. The minimum Gasteiger partial charge on any atom is -0.480 e. The zero-order valence-electron chi connectivity index (χ0n) is 6.86. The summed E-state index contributed by atoms with van der Waals surface area (Å²) >= 11 is 0.